The zero-order valence-corrected chi connectivity index (χ0v) is 11.0. The third-order valence-corrected chi connectivity index (χ3v) is 2.44. The van der Waals surface area contributed by atoms with Crippen molar-refractivity contribution in [3.63, 3.8) is 0 Å². The Morgan fingerprint density at radius 2 is 2.06 bits per heavy atom. The van der Waals surface area contributed by atoms with Crippen LogP contribution in [0.4, 0.5) is 0 Å². The number of hydrogen-bond donors (Lipinski definition) is 1. The lowest BCUT2D eigenvalue weighted by Crippen LogP contribution is -2.25. The lowest BCUT2D eigenvalue weighted by molar-refractivity contribution is 0.317. The van der Waals surface area contributed by atoms with Crippen LogP contribution in [0.1, 0.15) is 59.2 Å². The lowest BCUT2D eigenvalue weighted by atomic mass is 9.97. The van der Waals surface area contributed by atoms with Crippen LogP contribution < -0.4 is 5.32 Å². The highest BCUT2D eigenvalue weighted by Gasteiger charge is 2.21. The van der Waals surface area contributed by atoms with Crippen LogP contribution in [0.3, 0.4) is 0 Å². The van der Waals surface area contributed by atoms with Gasteiger partial charge in [-0.05, 0) is 13.3 Å². The van der Waals surface area contributed by atoms with Gasteiger partial charge in [0.15, 0.2) is 5.82 Å². The summed E-state index contributed by atoms with van der Waals surface area (Å²) < 4.78 is 5.22. The summed E-state index contributed by atoms with van der Waals surface area (Å²) in [6.45, 7) is 11.2. The zero-order chi connectivity index (χ0) is 12.2. The molecule has 0 aliphatic heterocycles. The van der Waals surface area contributed by atoms with E-state index in [9.17, 15) is 0 Å². The maximum absolute atomic E-state index is 5.22. The van der Waals surface area contributed by atoms with Crippen molar-refractivity contribution >= 4 is 0 Å². The van der Waals surface area contributed by atoms with Crippen LogP contribution in [0.15, 0.2) is 4.52 Å². The Labute approximate surface area is 97.8 Å². The molecule has 0 aliphatic rings. The molecule has 1 aromatic rings. The molecule has 0 aromatic carbocycles. The molecule has 1 heterocycles. The fraction of sp³-hybridized carbons (Fsp3) is 0.833. The predicted octanol–water partition coefficient (Wildman–Crippen LogP) is 2.65. The molecule has 1 atom stereocenters. The van der Waals surface area contributed by atoms with Crippen LogP contribution in [0.25, 0.3) is 0 Å². The molecular weight excluding hydrogens is 202 g/mol. The van der Waals surface area contributed by atoms with E-state index in [0.717, 1.165) is 5.82 Å². The Morgan fingerprint density at radius 3 is 2.56 bits per heavy atom. The lowest BCUT2D eigenvalue weighted by Gasteiger charge is -2.11. The quantitative estimate of drug-likeness (QED) is 0.837. The standard InChI is InChI=1S/C12H23N3O/c1-6-7-9(2)13-8-10-14-11(16-15-10)12(3,4)5/h9,13H,6-8H2,1-5H3. The molecule has 4 nitrogen and oxygen atoms in total. The highest BCUT2D eigenvalue weighted by atomic mass is 16.5. The Hall–Kier alpha value is -0.900. The summed E-state index contributed by atoms with van der Waals surface area (Å²) in [7, 11) is 0. The van der Waals surface area contributed by atoms with Crippen LogP contribution in [-0.4, -0.2) is 16.2 Å². The molecule has 0 saturated carbocycles. The van der Waals surface area contributed by atoms with Gasteiger partial charge in [-0.25, -0.2) is 0 Å². The summed E-state index contributed by atoms with van der Waals surface area (Å²) in [5, 5.41) is 7.35. The molecule has 1 unspecified atom stereocenters. The highest BCUT2D eigenvalue weighted by Crippen LogP contribution is 2.19. The van der Waals surface area contributed by atoms with Gasteiger partial charge in [0.05, 0.1) is 6.54 Å². The summed E-state index contributed by atoms with van der Waals surface area (Å²) in [5.41, 5.74) is -0.0692. The molecule has 0 bridgehead atoms. The van der Waals surface area contributed by atoms with E-state index in [2.05, 4.69) is 50.1 Å². The van der Waals surface area contributed by atoms with Crippen molar-refractivity contribution in [2.75, 3.05) is 0 Å². The largest absolute Gasteiger partial charge is 0.339 e. The van der Waals surface area contributed by atoms with E-state index in [1.165, 1.54) is 12.8 Å². The van der Waals surface area contributed by atoms with E-state index >= 15 is 0 Å². The van der Waals surface area contributed by atoms with Crippen molar-refractivity contribution in [1.82, 2.24) is 15.5 Å². The van der Waals surface area contributed by atoms with Crippen molar-refractivity contribution in [1.29, 1.82) is 0 Å². The molecule has 1 rings (SSSR count). The van der Waals surface area contributed by atoms with Crippen LogP contribution in [0.5, 0.6) is 0 Å². The highest BCUT2D eigenvalue weighted by molar-refractivity contribution is 4.98. The molecule has 16 heavy (non-hydrogen) atoms. The first-order valence-electron chi connectivity index (χ1n) is 6.00. The molecule has 0 spiro atoms. The summed E-state index contributed by atoms with van der Waals surface area (Å²) in [5.74, 6) is 1.44. The number of aromatic nitrogens is 2. The Morgan fingerprint density at radius 1 is 1.38 bits per heavy atom. The Balaban J connectivity index is 2.47. The van der Waals surface area contributed by atoms with E-state index < -0.39 is 0 Å². The maximum atomic E-state index is 5.22. The molecule has 0 amide bonds. The molecule has 1 N–H and O–H groups in total. The minimum Gasteiger partial charge on any atom is -0.339 e. The van der Waals surface area contributed by atoms with Crippen LogP contribution in [-0.2, 0) is 12.0 Å². The first-order valence-corrected chi connectivity index (χ1v) is 6.00. The van der Waals surface area contributed by atoms with E-state index in [1.54, 1.807) is 0 Å². The second kappa shape index (κ2) is 5.43. The summed E-state index contributed by atoms with van der Waals surface area (Å²) in [4.78, 5) is 4.37. The molecule has 0 aliphatic carbocycles. The summed E-state index contributed by atoms with van der Waals surface area (Å²) >= 11 is 0. The minimum absolute atomic E-state index is 0.0692. The molecule has 4 heteroatoms. The molecular formula is C12H23N3O. The van der Waals surface area contributed by atoms with Gasteiger partial charge in [-0.15, -0.1) is 0 Å². The SMILES string of the molecule is CCCC(C)NCc1noc(C(C)(C)C)n1. The van der Waals surface area contributed by atoms with Gasteiger partial charge in [0.1, 0.15) is 0 Å². The monoisotopic (exact) mass is 225 g/mol. The van der Waals surface area contributed by atoms with Gasteiger partial charge < -0.3 is 9.84 Å². The maximum Gasteiger partial charge on any atom is 0.232 e. The first-order chi connectivity index (χ1) is 7.43. The molecule has 0 fully saturated rings. The van der Waals surface area contributed by atoms with Crippen molar-refractivity contribution < 1.29 is 4.52 Å². The summed E-state index contributed by atoms with van der Waals surface area (Å²) in [6.07, 6.45) is 2.36. The number of rotatable bonds is 5. The average Bonchev–Trinajstić information content (AvgIpc) is 2.63. The second-order valence-electron chi connectivity index (χ2n) is 5.34. The fourth-order valence-electron chi connectivity index (χ4n) is 1.43. The topological polar surface area (TPSA) is 51.0 Å². The van der Waals surface area contributed by atoms with Gasteiger partial charge in [-0.3, -0.25) is 0 Å². The van der Waals surface area contributed by atoms with E-state index in [4.69, 9.17) is 4.52 Å². The molecule has 1 aromatic heterocycles. The van der Waals surface area contributed by atoms with E-state index in [-0.39, 0.29) is 5.41 Å². The van der Waals surface area contributed by atoms with Crippen LogP contribution in [0, 0.1) is 0 Å². The second-order valence-corrected chi connectivity index (χ2v) is 5.34. The van der Waals surface area contributed by atoms with Crippen LogP contribution >= 0.6 is 0 Å². The van der Waals surface area contributed by atoms with Crippen molar-refractivity contribution in [2.24, 2.45) is 0 Å². The Bertz CT molecular complexity index is 314. The van der Waals surface area contributed by atoms with E-state index in [0.29, 0.717) is 18.5 Å². The molecule has 92 valence electrons. The first kappa shape index (κ1) is 13.2. The number of hydrogen-bond acceptors (Lipinski definition) is 4. The third kappa shape index (κ3) is 3.93. The third-order valence-electron chi connectivity index (χ3n) is 2.44. The van der Waals surface area contributed by atoms with Crippen molar-refractivity contribution in [3.8, 4) is 0 Å². The number of nitrogens with one attached hydrogen (secondary N) is 1. The van der Waals surface area contributed by atoms with Crippen molar-refractivity contribution in [2.45, 2.75) is 65.5 Å². The van der Waals surface area contributed by atoms with Gasteiger partial charge in [-0.2, -0.15) is 4.98 Å². The summed E-state index contributed by atoms with van der Waals surface area (Å²) in [6, 6.07) is 0.501. The fourth-order valence-corrected chi connectivity index (χ4v) is 1.43. The van der Waals surface area contributed by atoms with Gasteiger partial charge in [0, 0.05) is 11.5 Å². The molecule has 0 saturated heterocycles. The minimum atomic E-state index is -0.0692. The molecule has 0 radical (unpaired) electrons. The Kier molecular flexibility index (Phi) is 4.47. The predicted molar refractivity (Wildman–Crippen MR) is 64.2 cm³/mol. The van der Waals surface area contributed by atoms with Gasteiger partial charge in [-0.1, -0.05) is 39.3 Å². The van der Waals surface area contributed by atoms with Gasteiger partial charge >= 0.3 is 0 Å². The van der Waals surface area contributed by atoms with Crippen LogP contribution in [0.2, 0.25) is 0 Å². The van der Waals surface area contributed by atoms with E-state index in [1.807, 2.05) is 0 Å². The average molecular weight is 225 g/mol. The zero-order valence-electron chi connectivity index (χ0n) is 11.0. The smallest absolute Gasteiger partial charge is 0.232 e. The number of nitrogens with zero attached hydrogens (tertiary/aromatic N) is 2. The van der Waals surface area contributed by atoms with Gasteiger partial charge in [0.25, 0.3) is 0 Å². The normalized spacial score (nSPS) is 14.1. The van der Waals surface area contributed by atoms with Crippen molar-refractivity contribution in [3.05, 3.63) is 11.7 Å². The van der Waals surface area contributed by atoms with Gasteiger partial charge in [0.2, 0.25) is 5.89 Å².